The van der Waals surface area contributed by atoms with Crippen molar-refractivity contribution in [3.8, 4) is 17.6 Å². The molecular formula is C18H20N4O2. The minimum absolute atomic E-state index is 0.250. The van der Waals surface area contributed by atoms with E-state index < -0.39 is 0 Å². The van der Waals surface area contributed by atoms with Crippen LogP contribution in [0.3, 0.4) is 0 Å². The highest BCUT2D eigenvalue weighted by Crippen LogP contribution is 2.25. The highest BCUT2D eigenvalue weighted by atomic mass is 16.5. The van der Waals surface area contributed by atoms with Crippen LogP contribution in [-0.2, 0) is 0 Å². The molecule has 0 heterocycles. The third-order valence-electron chi connectivity index (χ3n) is 3.19. The first-order valence-corrected chi connectivity index (χ1v) is 7.55. The molecule has 2 aromatic carbocycles. The van der Waals surface area contributed by atoms with Crippen molar-refractivity contribution >= 4 is 11.7 Å². The average molecular weight is 324 g/mol. The van der Waals surface area contributed by atoms with Gasteiger partial charge in [0.15, 0.2) is 0 Å². The summed E-state index contributed by atoms with van der Waals surface area (Å²) in [6.07, 6.45) is 0. The van der Waals surface area contributed by atoms with E-state index in [0.717, 1.165) is 6.54 Å². The Morgan fingerprint density at radius 3 is 2.54 bits per heavy atom. The van der Waals surface area contributed by atoms with E-state index in [-0.39, 0.29) is 6.03 Å². The monoisotopic (exact) mass is 324 g/mol. The van der Waals surface area contributed by atoms with Crippen molar-refractivity contribution in [2.75, 3.05) is 32.5 Å². The van der Waals surface area contributed by atoms with E-state index in [2.05, 4.69) is 16.7 Å². The fourth-order valence-electron chi connectivity index (χ4n) is 1.95. The van der Waals surface area contributed by atoms with E-state index in [9.17, 15) is 4.79 Å². The summed E-state index contributed by atoms with van der Waals surface area (Å²) in [7, 11) is 3.89. The SMILES string of the molecule is CN(C)CCNC(=O)Nc1ccc(Oc2ccccc2C#N)cc1. The van der Waals surface area contributed by atoms with Gasteiger partial charge in [-0.1, -0.05) is 12.1 Å². The summed E-state index contributed by atoms with van der Waals surface area (Å²) in [5.74, 6) is 1.10. The number of amides is 2. The molecule has 0 saturated carbocycles. The van der Waals surface area contributed by atoms with Crippen LogP contribution in [-0.4, -0.2) is 38.1 Å². The maximum absolute atomic E-state index is 11.7. The molecule has 2 rings (SSSR count). The highest BCUT2D eigenvalue weighted by molar-refractivity contribution is 5.89. The van der Waals surface area contributed by atoms with Crippen LogP contribution in [0.25, 0.3) is 0 Å². The molecule has 24 heavy (non-hydrogen) atoms. The predicted octanol–water partition coefficient (Wildman–Crippen LogP) is 3.03. The Hall–Kier alpha value is -3.04. The number of urea groups is 1. The summed E-state index contributed by atoms with van der Waals surface area (Å²) in [5.41, 5.74) is 1.14. The lowest BCUT2D eigenvalue weighted by Crippen LogP contribution is -2.34. The summed E-state index contributed by atoms with van der Waals surface area (Å²) in [6.45, 7) is 1.35. The second-order valence-electron chi connectivity index (χ2n) is 5.42. The van der Waals surface area contributed by atoms with Gasteiger partial charge in [-0.05, 0) is 50.5 Å². The normalized spacial score (nSPS) is 10.1. The number of nitrogens with one attached hydrogen (secondary N) is 2. The summed E-state index contributed by atoms with van der Waals surface area (Å²) in [4.78, 5) is 13.7. The van der Waals surface area contributed by atoms with Gasteiger partial charge in [0.05, 0.1) is 5.56 Å². The highest BCUT2D eigenvalue weighted by Gasteiger charge is 2.05. The van der Waals surface area contributed by atoms with E-state index >= 15 is 0 Å². The number of anilines is 1. The number of para-hydroxylation sites is 1. The molecule has 6 heteroatoms. The number of hydrogen-bond acceptors (Lipinski definition) is 4. The standard InChI is InChI=1S/C18H20N4O2/c1-22(2)12-11-20-18(23)21-15-7-9-16(10-8-15)24-17-6-4-3-5-14(17)13-19/h3-10H,11-12H2,1-2H3,(H2,20,21,23). The van der Waals surface area contributed by atoms with Gasteiger partial charge in [0.1, 0.15) is 17.6 Å². The zero-order chi connectivity index (χ0) is 17.4. The Balaban J connectivity index is 1.91. The molecule has 2 N–H and O–H groups in total. The van der Waals surface area contributed by atoms with E-state index in [1.54, 1.807) is 42.5 Å². The smallest absolute Gasteiger partial charge is 0.319 e. The molecule has 0 aliphatic heterocycles. The van der Waals surface area contributed by atoms with Crippen molar-refractivity contribution in [2.24, 2.45) is 0 Å². The molecular weight excluding hydrogens is 304 g/mol. The van der Waals surface area contributed by atoms with Gasteiger partial charge in [-0.2, -0.15) is 5.26 Å². The lowest BCUT2D eigenvalue weighted by Gasteiger charge is -2.12. The van der Waals surface area contributed by atoms with Gasteiger partial charge in [0.25, 0.3) is 0 Å². The van der Waals surface area contributed by atoms with Crippen LogP contribution >= 0.6 is 0 Å². The number of ether oxygens (including phenoxy) is 1. The van der Waals surface area contributed by atoms with Crippen LogP contribution < -0.4 is 15.4 Å². The molecule has 6 nitrogen and oxygen atoms in total. The maximum atomic E-state index is 11.7. The van der Waals surface area contributed by atoms with Crippen molar-refractivity contribution in [1.82, 2.24) is 10.2 Å². The fraction of sp³-hybridized carbons (Fsp3) is 0.222. The van der Waals surface area contributed by atoms with E-state index in [0.29, 0.717) is 29.3 Å². The molecule has 0 spiro atoms. The molecule has 0 atom stereocenters. The van der Waals surface area contributed by atoms with E-state index in [4.69, 9.17) is 10.00 Å². The quantitative estimate of drug-likeness (QED) is 0.856. The first-order valence-electron chi connectivity index (χ1n) is 7.55. The topological polar surface area (TPSA) is 77.4 Å². The molecule has 0 aliphatic carbocycles. The van der Waals surface area contributed by atoms with Gasteiger partial charge >= 0.3 is 6.03 Å². The minimum Gasteiger partial charge on any atom is -0.456 e. The zero-order valence-electron chi connectivity index (χ0n) is 13.7. The third kappa shape index (κ3) is 5.30. The first kappa shape index (κ1) is 17.3. The van der Waals surface area contributed by atoms with Crippen LogP contribution in [0.4, 0.5) is 10.5 Å². The molecule has 2 amide bonds. The molecule has 124 valence electrons. The molecule has 0 fully saturated rings. The summed E-state index contributed by atoms with van der Waals surface area (Å²) < 4.78 is 5.70. The number of likely N-dealkylation sites (N-methyl/N-ethyl adjacent to an activating group) is 1. The van der Waals surface area contributed by atoms with Crippen LogP contribution in [0.5, 0.6) is 11.5 Å². The number of rotatable bonds is 6. The van der Waals surface area contributed by atoms with Crippen molar-refractivity contribution in [2.45, 2.75) is 0 Å². The summed E-state index contributed by atoms with van der Waals surface area (Å²) in [6, 6.07) is 15.8. The minimum atomic E-state index is -0.250. The predicted molar refractivity (Wildman–Crippen MR) is 93.2 cm³/mol. The van der Waals surface area contributed by atoms with Crippen LogP contribution in [0.15, 0.2) is 48.5 Å². The van der Waals surface area contributed by atoms with Gasteiger partial charge in [0, 0.05) is 18.8 Å². The second-order valence-corrected chi connectivity index (χ2v) is 5.42. The first-order chi connectivity index (χ1) is 11.6. The number of nitrogens with zero attached hydrogens (tertiary/aromatic N) is 2. The van der Waals surface area contributed by atoms with Gasteiger partial charge < -0.3 is 20.3 Å². The summed E-state index contributed by atoms with van der Waals surface area (Å²) >= 11 is 0. The van der Waals surface area contributed by atoms with Crippen LogP contribution in [0.2, 0.25) is 0 Å². The van der Waals surface area contributed by atoms with Crippen molar-refractivity contribution in [3.63, 3.8) is 0 Å². The van der Waals surface area contributed by atoms with Gasteiger partial charge in [0.2, 0.25) is 0 Å². The second kappa shape index (κ2) is 8.56. The largest absolute Gasteiger partial charge is 0.456 e. The van der Waals surface area contributed by atoms with Crippen LogP contribution in [0.1, 0.15) is 5.56 Å². The molecule has 0 saturated heterocycles. The van der Waals surface area contributed by atoms with E-state index in [1.807, 2.05) is 25.1 Å². The Morgan fingerprint density at radius 1 is 1.17 bits per heavy atom. The Bertz CT molecular complexity index is 721. The van der Waals surface area contributed by atoms with Gasteiger partial charge in [-0.15, -0.1) is 0 Å². The molecule has 0 aromatic heterocycles. The zero-order valence-corrected chi connectivity index (χ0v) is 13.7. The molecule has 0 aliphatic rings. The van der Waals surface area contributed by atoms with E-state index in [1.165, 1.54) is 0 Å². The molecule has 2 aromatic rings. The van der Waals surface area contributed by atoms with Crippen molar-refractivity contribution < 1.29 is 9.53 Å². The average Bonchev–Trinajstić information content (AvgIpc) is 2.57. The van der Waals surface area contributed by atoms with Gasteiger partial charge in [-0.25, -0.2) is 4.79 Å². The lowest BCUT2D eigenvalue weighted by atomic mass is 10.2. The Kier molecular flexibility index (Phi) is 6.17. The summed E-state index contributed by atoms with van der Waals surface area (Å²) in [5, 5.41) is 14.6. The molecule has 0 unspecified atom stereocenters. The fourth-order valence-corrected chi connectivity index (χ4v) is 1.95. The number of carbonyl (C=O) groups excluding carboxylic acids is 1. The number of nitriles is 1. The number of carbonyl (C=O) groups is 1. The van der Waals surface area contributed by atoms with Crippen molar-refractivity contribution in [1.29, 1.82) is 5.26 Å². The third-order valence-corrected chi connectivity index (χ3v) is 3.19. The van der Waals surface area contributed by atoms with Crippen molar-refractivity contribution in [3.05, 3.63) is 54.1 Å². The number of benzene rings is 2. The maximum Gasteiger partial charge on any atom is 0.319 e. The van der Waals surface area contributed by atoms with Crippen LogP contribution in [0, 0.1) is 11.3 Å². The lowest BCUT2D eigenvalue weighted by molar-refractivity contribution is 0.250. The number of hydrogen-bond donors (Lipinski definition) is 2. The molecule has 0 radical (unpaired) electrons. The van der Waals surface area contributed by atoms with Gasteiger partial charge in [-0.3, -0.25) is 0 Å². The Morgan fingerprint density at radius 2 is 1.88 bits per heavy atom. The molecule has 0 bridgehead atoms. The Labute approximate surface area is 141 Å².